The van der Waals surface area contributed by atoms with Crippen molar-refractivity contribution in [3.05, 3.63) is 65.2 Å². The monoisotopic (exact) mass is 367 g/mol. The van der Waals surface area contributed by atoms with Crippen LogP contribution in [0, 0.1) is 6.92 Å². The number of ether oxygens (including phenoxy) is 2. The fraction of sp³-hybridized carbons (Fsp3) is 0.435. The molecule has 0 saturated carbocycles. The van der Waals surface area contributed by atoms with Crippen LogP contribution in [-0.2, 0) is 14.9 Å². The third-order valence-corrected chi connectivity index (χ3v) is 5.64. The van der Waals surface area contributed by atoms with Gasteiger partial charge in [-0.3, -0.25) is 4.79 Å². The van der Waals surface area contributed by atoms with Gasteiger partial charge in [0.15, 0.2) is 0 Å². The maximum absolute atomic E-state index is 13.5. The Balaban J connectivity index is 1.87. The molecule has 4 heteroatoms. The summed E-state index contributed by atoms with van der Waals surface area (Å²) in [6.07, 6.45) is 2.25. The standard InChI is InChI=1S/C23H29NO3/c1-4-20(18-10-11-21(26-3)17(2)16-18)24-22(25)23(12-14-27-15-13-23)19-8-6-5-7-9-19/h5-11,16,20H,4,12-15H2,1-3H3,(H,24,25)/t20-/m1/s1. The first kappa shape index (κ1) is 19.4. The normalized spacial score (nSPS) is 17.1. The van der Waals surface area contributed by atoms with E-state index in [2.05, 4.69) is 30.4 Å². The molecule has 4 nitrogen and oxygen atoms in total. The predicted molar refractivity (Wildman–Crippen MR) is 107 cm³/mol. The minimum Gasteiger partial charge on any atom is -0.496 e. The number of hydrogen-bond acceptors (Lipinski definition) is 3. The summed E-state index contributed by atoms with van der Waals surface area (Å²) in [6, 6.07) is 16.2. The molecule has 2 aromatic carbocycles. The lowest BCUT2D eigenvalue weighted by molar-refractivity contribution is -0.131. The Labute approximate surface area is 161 Å². The van der Waals surface area contributed by atoms with E-state index in [4.69, 9.17) is 9.47 Å². The van der Waals surface area contributed by atoms with E-state index in [0.717, 1.165) is 28.9 Å². The summed E-state index contributed by atoms with van der Waals surface area (Å²) in [5, 5.41) is 3.32. The van der Waals surface area contributed by atoms with Gasteiger partial charge in [-0.1, -0.05) is 49.4 Å². The minimum atomic E-state index is -0.519. The van der Waals surface area contributed by atoms with Gasteiger partial charge in [-0.05, 0) is 48.9 Å². The first-order valence-corrected chi connectivity index (χ1v) is 9.69. The Morgan fingerprint density at radius 1 is 1.19 bits per heavy atom. The van der Waals surface area contributed by atoms with E-state index >= 15 is 0 Å². The van der Waals surface area contributed by atoms with Crippen LogP contribution in [0.4, 0.5) is 0 Å². The molecule has 1 amide bonds. The highest BCUT2D eigenvalue weighted by molar-refractivity contribution is 5.88. The first-order chi connectivity index (χ1) is 13.1. The number of nitrogens with one attached hydrogen (secondary N) is 1. The molecule has 1 heterocycles. The lowest BCUT2D eigenvalue weighted by Gasteiger charge is -2.37. The van der Waals surface area contributed by atoms with Crippen LogP contribution in [0.1, 0.15) is 48.9 Å². The molecule has 3 rings (SSSR count). The van der Waals surface area contributed by atoms with Crippen molar-refractivity contribution in [3.8, 4) is 5.75 Å². The largest absolute Gasteiger partial charge is 0.496 e. The van der Waals surface area contributed by atoms with Crippen LogP contribution in [0.15, 0.2) is 48.5 Å². The molecule has 0 aliphatic carbocycles. The summed E-state index contributed by atoms with van der Waals surface area (Å²) in [4.78, 5) is 13.5. The fourth-order valence-electron chi connectivity index (χ4n) is 3.96. The Kier molecular flexibility index (Phi) is 6.17. The molecular formula is C23H29NO3. The van der Waals surface area contributed by atoms with E-state index in [-0.39, 0.29) is 11.9 Å². The molecule has 0 spiro atoms. The van der Waals surface area contributed by atoms with Crippen LogP contribution in [0.5, 0.6) is 5.75 Å². The van der Waals surface area contributed by atoms with Crippen LogP contribution >= 0.6 is 0 Å². The van der Waals surface area contributed by atoms with Crippen molar-refractivity contribution < 1.29 is 14.3 Å². The molecule has 1 saturated heterocycles. The van der Waals surface area contributed by atoms with Gasteiger partial charge in [0.25, 0.3) is 0 Å². The maximum Gasteiger partial charge on any atom is 0.231 e. The Morgan fingerprint density at radius 3 is 2.48 bits per heavy atom. The van der Waals surface area contributed by atoms with Gasteiger partial charge in [0.2, 0.25) is 5.91 Å². The molecular weight excluding hydrogens is 338 g/mol. The van der Waals surface area contributed by atoms with Crippen molar-refractivity contribution in [1.82, 2.24) is 5.32 Å². The van der Waals surface area contributed by atoms with Gasteiger partial charge >= 0.3 is 0 Å². The number of hydrogen-bond donors (Lipinski definition) is 1. The zero-order valence-electron chi connectivity index (χ0n) is 16.5. The van der Waals surface area contributed by atoms with Gasteiger partial charge in [0, 0.05) is 13.2 Å². The van der Waals surface area contributed by atoms with Crippen molar-refractivity contribution in [2.75, 3.05) is 20.3 Å². The second-order valence-corrected chi connectivity index (χ2v) is 7.22. The number of amides is 1. The quantitative estimate of drug-likeness (QED) is 0.827. The minimum absolute atomic E-state index is 0.0226. The lowest BCUT2D eigenvalue weighted by Crippen LogP contribution is -2.49. The zero-order valence-corrected chi connectivity index (χ0v) is 16.5. The Morgan fingerprint density at radius 2 is 1.89 bits per heavy atom. The number of carbonyl (C=O) groups is 1. The smallest absolute Gasteiger partial charge is 0.231 e. The molecule has 2 aromatic rings. The van der Waals surface area contributed by atoms with Gasteiger partial charge in [-0.15, -0.1) is 0 Å². The third-order valence-electron chi connectivity index (χ3n) is 5.64. The lowest BCUT2D eigenvalue weighted by atomic mass is 9.73. The molecule has 0 unspecified atom stereocenters. The molecule has 1 atom stereocenters. The Hall–Kier alpha value is -2.33. The van der Waals surface area contributed by atoms with Gasteiger partial charge in [0.1, 0.15) is 5.75 Å². The van der Waals surface area contributed by atoms with Crippen molar-refractivity contribution in [1.29, 1.82) is 0 Å². The summed E-state index contributed by atoms with van der Waals surface area (Å²) in [5.74, 6) is 0.961. The molecule has 0 radical (unpaired) electrons. The van der Waals surface area contributed by atoms with E-state index in [1.54, 1.807) is 7.11 Å². The molecule has 1 aliphatic heterocycles. The average Bonchev–Trinajstić information content (AvgIpc) is 2.73. The SMILES string of the molecule is CC[C@@H](NC(=O)C1(c2ccccc2)CCOCC1)c1ccc(OC)c(C)c1. The van der Waals surface area contributed by atoms with E-state index < -0.39 is 5.41 Å². The predicted octanol–water partition coefficient (Wildman–Crippen LogP) is 4.32. The maximum atomic E-state index is 13.5. The molecule has 0 bridgehead atoms. The van der Waals surface area contributed by atoms with Gasteiger partial charge in [-0.2, -0.15) is 0 Å². The van der Waals surface area contributed by atoms with E-state index in [1.807, 2.05) is 37.3 Å². The van der Waals surface area contributed by atoms with E-state index in [1.165, 1.54) is 0 Å². The average molecular weight is 367 g/mol. The first-order valence-electron chi connectivity index (χ1n) is 9.69. The van der Waals surface area contributed by atoms with Crippen LogP contribution in [0.25, 0.3) is 0 Å². The number of benzene rings is 2. The van der Waals surface area contributed by atoms with Gasteiger partial charge < -0.3 is 14.8 Å². The highest BCUT2D eigenvalue weighted by Gasteiger charge is 2.42. The fourth-order valence-corrected chi connectivity index (χ4v) is 3.96. The number of rotatable bonds is 6. The topological polar surface area (TPSA) is 47.6 Å². The Bertz CT molecular complexity index is 766. The summed E-state index contributed by atoms with van der Waals surface area (Å²) >= 11 is 0. The van der Waals surface area contributed by atoms with Crippen LogP contribution in [0.2, 0.25) is 0 Å². The van der Waals surface area contributed by atoms with Crippen LogP contribution < -0.4 is 10.1 Å². The van der Waals surface area contributed by atoms with E-state index in [9.17, 15) is 4.79 Å². The number of aryl methyl sites for hydroxylation is 1. The third kappa shape index (κ3) is 4.01. The summed E-state index contributed by atoms with van der Waals surface area (Å²) in [5.41, 5.74) is 2.74. The van der Waals surface area contributed by atoms with Crippen molar-refractivity contribution in [3.63, 3.8) is 0 Å². The molecule has 1 aliphatic rings. The van der Waals surface area contributed by atoms with Crippen LogP contribution in [-0.4, -0.2) is 26.2 Å². The summed E-state index contributed by atoms with van der Waals surface area (Å²) in [7, 11) is 1.68. The zero-order chi connectivity index (χ0) is 19.3. The molecule has 1 N–H and O–H groups in total. The molecule has 144 valence electrons. The summed E-state index contributed by atoms with van der Waals surface area (Å²) < 4.78 is 10.9. The highest BCUT2D eigenvalue weighted by atomic mass is 16.5. The number of carbonyl (C=O) groups excluding carboxylic acids is 1. The van der Waals surface area contributed by atoms with E-state index in [0.29, 0.717) is 26.1 Å². The van der Waals surface area contributed by atoms with Crippen molar-refractivity contribution in [2.24, 2.45) is 0 Å². The van der Waals surface area contributed by atoms with Gasteiger partial charge in [0.05, 0.1) is 18.6 Å². The van der Waals surface area contributed by atoms with Crippen LogP contribution in [0.3, 0.4) is 0 Å². The molecule has 1 fully saturated rings. The van der Waals surface area contributed by atoms with Crippen molar-refractivity contribution >= 4 is 5.91 Å². The second kappa shape index (κ2) is 8.57. The van der Waals surface area contributed by atoms with Crippen molar-refractivity contribution in [2.45, 2.75) is 44.6 Å². The molecule has 0 aromatic heterocycles. The summed E-state index contributed by atoms with van der Waals surface area (Å²) in [6.45, 7) is 5.35. The highest BCUT2D eigenvalue weighted by Crippen LogP contribution is 2.36. The van der Waals surface area contributed by atoms with Gasteiger partial charge in [-0.25, -0.2) is 0 Å². The molecule has 27 heavy (non-hydrogen) atoms. The second-order valence-electron chi connectivity index (χ2n) is 7.22. The number of methoxy groups -OCH3 is 1.